The summed E-state index contributed by atoms with van der Waals surface area (Å²) in [6.45, 7) is 1.99. The lowest BCUT2D eigenvalue weighted by atomic mass is 9.97. The molecule has 1 aliphatic rings. The molecular formula is C33H40N2O7S. The molecule has 1 fully saturated rings. The van der Waals surface area contributed by atoms with Gasteiger partial charge in [0.05, 0.1) is 18.8 Å². The van der Waals surface area contributed by atoms with Gasteiger partial charge in [0.15, 0.2) is 0 Å². The third-order valence-electron chi connectivity index (χ3n) is 7.61. The van der Waals surface area contributed by atoms with Crippen molar-refractivity contribution in [3.8, 4) is 16.9 Å². The minimum atomic E-state index is -4.11. The topological polar surface area (TPSA) is 133 Å². The Balaban J connectivity index is 1.49. The zero-order valence-electron chi connectivity index (χ0n) is 24.4. The van der Waals surface area contributed by atoms with Crippen molar-refractivity contribution >= 4 is 22.0 Å². The van der Waals surface area contributed by atoms with Gasteiger partial charge in [-0.25, -0.2) is 17.9 Å². The number of hydrogen-bond donors (Lipinski definition) is 3. The van der Waals surface area contributed by atoms with Gasteiger partial charge in [-0.3, -0.25) is 4.79 Å². The second-order valence-electron chi connectivity index (χ2n) is 10.9. The number of carbonyl (C=O) groups excluding carboxylic acids is 1. The molecule has 1 atom stereocenters. The van der Waals surface area contributed by atoms with Gasteiger partial charge in [-0.05, 0) is 72.9 Å². The number of ether oxygens (including phenoxy) is 1. The summed E-state index contributed by atoms with van der Waals surface area (Å²) < 4.78 is 34.6. The summed E-state index contributed by atoms with van der Waals surface area (Å²) in [5, 5.41) is 20.2. The van der Waals surface area contributed by atoms with Gasteiger partial charge >= 0.3 is 6.09 Å². The van der Waals surface area contributed by atoms with Gasteiger partial charge in [-0.2, -0.15) is 0 Å². The van der Waals surface area contributed by atoms with Crippen LogP contribution in [0.1, 0.15) is 69.1 Å². The van der Waals surface area contributed by atoms with Gasteiger partial charge in [0.1, 0.15) is 10.6 Å². The molecule has 3 aromatic rings. The first-order chi connectivity index (χ1) is 20.7. The molecule has 10 heteroatoms. The molecular weight excluding hydrogens is 568 g/mol. The van der Waals surface area contributed by atoms with Crippen LogP contribution in [0.2, 0.25) is 0 Å². The van der Waals surface area contributed by atoms with E-state index in [1.165, 1.54) is 11.0 Å². The molecule has 3 aromatic carbocycles. The average Bonchev–Trinajstić information content (AvgIpc) is 3.00. The van der Waals surface area contributed by atoms with Crippen molar-refractivity contribution in [2.45, 2.75) is 75.4 Å². The molecule has 0 heterocycles. The number of hydrogen-bond acceptors (Lipinski definition) is 6. The number of aliphatic hydroxyl groups is 1. The summed E-state index contributed by atoms with van der Waals surface area (Å²) in [4.78, 5) is 25.1. The summed E-state index contributed by atoms with van der Waals surface area (Å²) in [6.07, 6.45) is 3.84. The minimum Gasteiger partial charge on any atom is -0.489 e. The zero-order valence-corrected chi connectivity index (χ0v) is 25.3. The van der Waals surface area contributed by atoms with Crippen molar-refractivity contribution in [1.29, 1.82) is 0 Å². The van der Waals surface area contributed by atoms with E-state index in [0.717, 1.165) is 48.8 Å². The van der Waals surface area contributed by atoms with Crippen molar-refractivity contribution in [1.82, 2.24) is 9.62 Å². The monoisotopic (exact) mass is 608 g/mol. The summed E-state index contributed by atoms with van der Waals surface area (Å²) in [5.74, 6) is -0.332. The minimum absolute atomic E-state index is 0.0324. The molecule has 0 aliphatic heterocycles. The summed E-state index contributed by atoms with van der Waals surface area (Å²) >= 11 is 0. The van der Waals surface area contributed by atoms with Gasteiger partial charge in [-0.15, -0.1) is 0 Å². The lowest BCUT2D eigenvalue weighted by molar-refractivity contribution is -0.119. The molecule has 9 nitrogen and oxygen atoms in total. The number of benzene rings is 3. The van der Waals surface area contributed by atoms with Crippen LogP contribution < -0.4 is 9.46 Å². The van der Waals surface area contributed by atoms with Crippen LogP contribution in [0.4, 0.5) is 4.79 Å². The highest BCUT2D eigenvalue weighted by molar-refractivity contribution is 7.90. The molecule has 3 N–H and O–H groups in total. The quantitative estimate of drug-likeness (QED) is 0.219. The molecule has 0 radical (unpaired) electrons. The Bertz CT molecular complexity index is 1470. The van der Waals surface area contributed by atoms with Crippen LogP contribution in [0.5, 0.6) is 5.75 Å². The SMILES string of the molecule is CCCC(=O)NS(=O)(=O)c1ccc(-c2ccc(CCN(C[C@@H](O)c3ccccc3)C(=O)O)cc2)cc1OC1CCCCC1. The number of carbonyl (C=O) groups is 2. The van der Waals surface area contributed by atoms with Crippen molar-refractivity contribution in [2.24, 2.45) is 0 Å². The largest absolute Gasteiger partial charge is 0.489 e. The highest BCUT2D eigenvalue weighted by atomic mass is 32.2. The van der Waals surface area contributed by atoms with Gasteiger partial charge in [0.2, 0.25) is 5.91 Å². The highest BCUT2D eigenvalue weighted by Crippen LogP contribution is 2.33. The van der Waals surface area contributed by atoms with Crippen LogP contribution in [-0.2, 0) is 21.2 Å². The molecule has 0 bridgehead atoms. The smallest absolute Gasteiger partial charge is 0.407 e. The summed E-state index contributed by atoms with van der Waals surface area (Å²) in [5.41, 5.74) is 3.17. The second kappa shape index (κ2) is 15.0. The Labute approximate surface area is 253 Å². The third kappa shape index (κ3) is 9.05. The number of sulfonamides is 1. The van der Waals surface area contributed by atoms with Gasteiger partial charge in [0, 0.05) is 13.0 Å². The Kier molecular flexibility index (Phi) is 11.2. The van der Waals surface area contributed by atoms with Gasteiger partial charge in [-0.1, -0.05) is 74.0 Å². The van der Waals surface area contributed by atoms with Gasteiger partial charge in [0.25, 0.3) is 10.0 Å². The van der Waals surface area contributed by atoms with Crippen LogP contribution in [-0.4, -0.2) is 54.7 Å². The van der Waals surface area contributed by atoms with Crippen LogP contribution in [0.3, 0.4) is 0 Å². The van der Waals surface area contributed by atoms with Crippen molar-refractivity contribution in [3.63, 3.8) is 0 Å². The van der Waals surface area contributed by atoms with Crippen LogP contribution in [0, 0.1) is 0 Å². The van der Waals surface area contributed by atoms with Crippen molar-refractivity contribution < 1.29 is 33.0 Å². The Morgan fingerprint density at radius 3 is 2.30 bits per heavy atom. The van der Waals surface area contributed by atoms with E-state index in [1.807, 2.05) is 37.3 Å². The number of carboxylic acid groups (broad SMARTS) is 1. The van der Waals surface area contributed by atoms with E-state index in [-0.39, 0.29) is 36.3 Å². The maximum absolute atomic E-state index is 13.1. The van der Waals surface area contributed by atoms with Crippen molar-refractivity contribution in [2.75, 3.05) is 13.1 Å². The molecule has 43 heavy (non-hydrogen) atoms. The highest BCUT2D eigenvalue weighted by Gasteiger charge is 2.25. The fraction of sp³-hybridized carbons (Fsp3) is 0.394. The molecule has 2 amide bonds. The van der Waals surface area contributed by atoms with Gasteiger partial charge < -0.3 is 19.8 Å². The number of amides is 2. The molecule has 1 aliphatic carbocycles. The lowest BCUT2D eigenvalue weighted by Crippen LogP contribution is -2.35. The standard InChI is InChI=1S/C33H40N2O7S/c1-2-9-32(37)34-43(40,41)31-19-18-27(22-30(31)42-28-12-7-4-8-13-28)25-16-14-24(15-17-25)20-21-35(33(38)39)23-29(36)26-10-5-3-6-11-26/h3,5-6,10-11,14-19,22,28-29,36H,2,4,7-9,12-13,20-21,23H2,1H3,(H,34,37)(H,38,39)/t29-/m1/s1. The normalized spacial score (nSPS) is 14.6. The number of nitrogens with one attached hydrogen (secondary N) is 1. The molecule has 0 unspecified atom stereocenters. The van der Waals surface area contributed by atoms with E-state index < -0.39 is 28.1 Å². The second-order valence-corrected chi connectivity index (χ2v) is 12.6. The zero-order chi connectivity index (χ0) is 30.8. The lowest BCUT2D eigenvalue weighted by Gasteiger charge is -2.24. The Morgan fingerprint density at radius 1 is 0.977 bits per heavy atom. The molecule has 0 spiro atoms. The molecule has 0 aromatic heterocycles. The Hall–Kier alpha value is -3.89. The van der Waals surface area contributed by atoms with Crippen molar-refractivity contribution in [3.05, 3.63) is 83.9 Å². The Morgan fingerprint density at radius 2 is 1.65 bits per heavy atom. The average molecular weight is 609 g/mol. The predicted octanol–water partition coefficient (Wildman–Crippen LogP) is 5.93. The van der Waals surface area contributed by atoms with E-state index in [0.29, 0.717) is 18.4 Å². The third-order valence-corrected chi connectivity index (χ3v) is 9.02. The fourth-order valence-corrected chi connectivity index (χ4v) is 6.36. The van der Waals surface area contributed by atoms with E-state index in [9.17, 15) is 28.2 Å². The first kappa shape index (κ1) is 32.0. The fourth-order valence-electron chi connectivity index (χ4n) is 5.23. The van der Waals surface area contributed by atoms with Crippen LogP contribution >= 0.6 is 0 Å². The molecule has 1 saturated carbocycles. The number of aliphatic hydroxyl groups excluding tert-OH is 1. The summed E-state index contributed by atoms with van der Waals surface area (Å²) in [6, 6.07) is 21.4. The first-order valence-corrected chi connectivity index (χ1v) is 16.3. The van der Waals surface area contributed by atoms with E-state index >= 15 is 0 Å². The van der Waals surface area contributed by atoms with Crippen LogP contribution in [0.15, 0.2) is 77.7 Å². The van der Waals surface area contributed by atoms with E-state index in [4.69, 9.17) is 4.74 Å². The maximum atomic E-state index is 13.1. The van der Waals surface area contributed by atoms with E-state index in [1.54, 1.807) is 36.4 Å². The molecule has 4 rings (SSSR count). The number of nitrogens with zero attached hydrogens (tertiary/aromatic N) is 1. The predicted molar refractivity (Wildman–Crippen MR) is 164 cm³/mol. The number of rotatable bonds is 13. The molecule has 0 saturated heterocycles. The summed E-state index contributed by atoms with van der Waals surface area (Å²) in [7, 11) is -4.11. The first-order valence-electron chi connectivity index (χ1n) is 14.8. The molecule has 230 valence electrons. The van der Waals surface area contributed by atoms with Crippen LogP contribution in [0.25, 0.3) is 11.1 Å². The van der Waals surface area contributed by atoms with E-state index in [2.05, 4.69) is 4.72 Å². The maximum Gasteiger partial charge on any atom is 0.407 e.